The number of rotatable bonds is 5. The minimum atomic E-state index is -0.687. The molecule has 4 heteroatoms. The van der Waals surface area contributed by atoms with Crippen LogP contribution in [0.5, 0.6) is 0 Å². The summed E-state index contributed by atoms with van der Waals surface area (Å²) in [5, 5.41) is 3.63. The second-order valence-electron chi connectivity index (χ2n) is 5.72. The molecule has 3 atom stereocenters. The molecule has 0 spiro atoms. The monoisotopic (exact) mass is 260 g/mol. The van der Waals surface area contributed by atoms with E-state index in [1.807, 2.05) is 0 Å². The van der Waals surface area contributed by atoms with E-state index in [1.165, 1.54) is 12.8 Å². The molecular weight excluding hydrogens is 232 g/mol. The van der Waals surface area contributed by atoms with Crippen LogP contribution in [0.25, 0.3) is 0 Å². The lowest BCUT2D eigenvalue weighted by molar-refractivity contribution is 0.212. The standard InChI is InChI=1S/C13H28N2OS/c1-11(2)8-13-9-15(7-5-6-14-13)12(3)10-17(4)16/h11-14H,5-10H2,1-4H3. The zero-order chi connectivity index (χ0) is 12.8. The summed E-state index contributed by atoms with van der Waals surface area (Å²) in [6.07, 6.45) is 4.24. The van der Waals surface area contributed by atoms with E-state index in [4.69, 9.17) is 0 Å². The van der Waals surface area contributed by atoms with Crippen LogP contribution in [0.3, 0.4) is 0 Å². The summed E-state index contributed by atoms with van der Waals surface area (Å²) in [6, 6.07) is 1.04. The van der Waals surface area contributed by atoms with Gasteiger partial charge >= 0.3 is 0 Å². The highest BCUT2D eigenvalue weighted by Gasteiger charge is 2.22. The second-order valence-corrected chi connectivity index (χ2v) is 7.20. The highest BCUT2D eigenvalue weighted by Crippen LogP contribution is 2.12. The lowest BCUT2D eigenvalue weighted by Crippen LogP contribution is -2.44. The van der Waals surface area contributed by atoms with Gasteiger partial charge in [0.1, 0.15) is 0 Å². The average Bonchev–Trinajstić information content (AvgIpc) is 2.41. The predicted octanol–water partition coefficient (Wildman–Crippen LogP) is 1.46. The molecule has 1 aliphatic heterocycles. The number of nitrogens with zero attached hydrogens (tertiary/aromatic N) is 1. The normalized spacial score (nSPS) is 26.8. The van der Waals surface area contributed by atoms with Gasteiger partial charge in [0.15, 0.2) is 0 Å². The topological polar surface area (TPSA) is 32.3 Å². The van der Waals surface area contributed by atoms with Gasteiger partial charge in [0.2, 0.25) is 0 Å². The van der Waals surface area contributed by atoms with Gasteiger partial charge in [-0.1, -0.05) is 13.8 Å². The molecule has 1 rings (SSSR count). The fraction of sp³-hybridized carbons (Fsp3) is 1.00. The van der Waals surface area contributed by atoms with Gasteiger partial charge in [-0.05, 0) is 38.8 Å². The third-order valence-corrected chi connectivity index (χ3v) is 4.32. The van der Waals surface area contributed by atoms with Crippen LogP contribution in [-0.4, -0.2) is 52.8 Å². The Hall–Kier alpha value is 0.0700. The van der Waals surface area contributed by atoms with Crippen molar-refractivity contribution in [3.8, 4) is 0 Å². The van der Waals surface area contributed by atoms with E-state index in [-0.39, 0.29) is 0 Å². The minimum Gasteiger partial charge on any atom is -0.313 e. The molecule has 1 saturated heterocycles. The summed E-state index contributed by atoms with van der Waals surface area (Å²) in [7, 11) is -0.687. The molecule has 1 aliphatic rings. The molecular formula is C13H28N2OS. The van der Waals surface area contributed by atoms with Gasteiger partial charge in [0.05, 0.1) is 0 Å². The maximum absolute atomic E-state index is 11.3. The van der Waals surface area contributed by atoms with E-state index in [0.717, 1.165) is 31.3 Å². The van der Waals surface area contributed by atoms with Crippen LogP contribution in [0.4, 0.5) is 0 Å². The molecule has 1 fully saturated rings. The van der Waals surface area contributed by atoms with Crippen LogP contribution >= 0.6 is 0 Å². The maximum Gasteiger partial charge on any atom is 0.0385 e. The first kappa shape index (κ1) is 15.1. The van der Waals surface area contributed by atoms with Gasteiger partial charge in [-0.2, -0.15) is 0 Å². The zero-order valence-electron chi connectivity index (χ0n) is 11.7. The Morgan fingerprint density at radius 1 is 1.41 bits per heavy atom. The summed E-state index contributed by atoms with van der Waals surface area (Å²) >= 11 is 0. The molecule has 0 saturated carbocycles. The summed E-state index contributed by atoms with van der Waals surface area (Å²) in [5.41, 5.74) is 0. The van der Waals surface area contributed by atoms with Crippen molar-refractivity contribution in [2.24, 2.45) is 5.92 Å². The lowest BCUT2D eigenvalue weighted by Gasteiger charge is -2.30. The van der Waals surface area contributed by atoms with Gasteiger partial charge in [-0.25, -0.2) is 0 Å². The highest BCUT2D eigenvalue weighted by atomic mass is 32.2. The average molecular weight is 260 g/mol. The second kappa shape index (κ2) is 7.49. The first-order valence-electron chi connectivity index (χ1n) is 6.76. The van der Waals surface area contributed by atoms with Crippen molar-refractivity contribution in [2.75, 3.05) is 31.6 Å². The Morgan fingerprint density at radius 3 is 2.71 bits per heavy atom. The van der Waals surface area contributed by atoms with Crippen molar-refractivity contribution < 1.29 is 4.21 Å². The Morgan fingerprint density at radius 2 is 2.12 bits per heavy atom. The van der Waals surface area contributed by atoms with E-state index < -0.39 is 10.8 Å². The van der Waals surface area contributed by atoms with Crippen LogP contribution in [-0.2, 0) is 10.8 Å². The SMILES string of the molecule is CC(C)CC1CN(C(C)CS(C)=O)CCCN1. The van der Waals surface area contributed by atoms with Crippen molar-refractivity contribution in [1.29, 1.82) is 0 Å². The minimum absolute atomic E-state index is 0.440. The van der Waals surface area contributed by atoms with Gasteiger partial charge in [-0.15, -0.1) is 0 Å². The summed E-state index contributed by atoms with van der Waals surface area (Å²) in [4.78, 5) is 2.51. The molecule has 0 aromatic rings. The smallest absolute Gasteiger partial charge is 0.0385 e. The molecule has 0 aliphatic carbocycles. The molecule has 1 heterocycles. The summed E-state index contributed by atoms with van der Waals surface area (Å²) < 4.78 is 11.3. The van der Waals surface area contributed by atoms with E-state index in [2.05, 4.69) is 31.0 Å². The lowest BCUT2D eigenvalue weighted by atomic mass is 10.0. The first-order chi connectivity index (χ1) is 7.99. The Labute approximate surface area is 109 Å². The molecule has 3 nitrogen and oxygen atoms in total. The van der Waals surface area contributed by atoms with Crippen molar-refractivity contribution in [2.45, 2.75) is 45.7 Å². The van der Waals surface area contributed by atoms with E-state index in [1.54, 1.807) is 6.26 Å². The molecule has 0 bridgehead atoms. The fourth-order valence-corrected chi connectivity index (χ4v) is 3.49. The predicted molar refractivity (Wildman–Crippen MR) is 75.8 cm³/mol. The summed E-state index contributed by atoms with van der Waals surface area (Å²) in [5.74, 6) is 1.54. The zero-order valence-corrected chi connectivity index (χ0v) is 12.6. The van der Waals surface area contributed by atoms with Gasteiger partial charge in [0.25, 0.3) is 0 Å². The fourth-order valence-electron chi connectivity index (χ4n) is 2.60. The van der Waals surface area contributed by atoms with Gasteiger partial charge in [0, 0.05) is 41.4 Å². The highest BCUT2D eigenvalue weighted by molar-refractivity contribution is 7.84. The van der Waals surface area contributed by atoms with Crippen LogP contribution in [0.1, 0.15) is 33.6 Å². The molecule has 1 N–H and O–H groups in total. The Kier molecular flexibility index (Phi) is 6.67. The number of hydrogen-bond acceptors (Lipinski definition) is 3. The van der Waals surface area contributed by atoms with Crippen molar-refractivity contribution >= 4 is 10.8 Å². The van der Waals surface area contributed by atoms with Crippen LogP contribution in [0.15, 0.2) is 0 Å². The van der Waals surface area contributed by atoms with Crippen molar-refractivity contribution in [3.05, 3.63) is 0 Å². The van der Waals surface area contributed by atoms with E-state index >= 15 is 0 Å². The van der Waals surface area contributed by atoms with Gasteiger partial charge < -0.3 is 5.32 Å². The largest absolute Gasteiger partial charge is 0.313 e. The number of nitrogens with one attached hydrogen (secondary N) is 1. The molecule has 0 aromatic heterocycles. The number of hydrogen-bond donors (Lipinski definition) is 1. The Balaban J connectivity index is 2.50. The third-order valence-electron chi connectivity index (χ3n) is 3.37. The van der Waals surface area contributed by atoms with Gasteiger partial charge in [-0.3, -0.25) is 9.11 Å². The van der Waals surface area contributed by atoms with E-state index in [9.17, 15) is 4.21 Å². The van der Waals surface area contributed by atoms with Crippen LogP contribution in [0, 0.1) is 5.92 Å². The molecule has 0 aromatic carbocycles. The van der Waals surface area contributed by atoms with Crippen molar-refractivity contribution in [3.63, 3.8) is 0 Å². The van der Waals surface area contributed by atoms with Crippen LogP contribution in [0.2, 0.25) is 0 Å². The van der Waals surface area contributed by atoms with Crippen molar-refractivity contribution in [1.82, 2.24) is 10.2 Å². The van der Waals surface area contributed by atoms with Crippen LogP contribution < -0.4 is 5.32 Å². The maximum atomic E-state index is 11.3. The van der Waals surface area contributed by atoms with E-state index in [0.29, 0.717) is 12.1 Å². The Bertz CT molecular complexity index is 246. The molecule has 102 valence electrons. The molecule has 0 radical (unpaired) electrons. The summed E-state index contributed by atoms with van der Waals surface area (Å²) in [6.45, 7) is 10.1. The molecule has 17 heavy (non-hydrogen) atoms. The first-order valence-corrected chi connectivity index (χ1v) is 8.49. The molecule has 3 unspecified atom stereocenters. The molecule has 0 amide bonds. The quantitative estimate of drug-likeness (QED) is 0.812. The third kappa shape index (κ3) is 5.98.